The number of nitrogens with one attached hydrogen (secondary N) is 1. The number of carboxylic acid groups (broad SMARTS) is 1. The quantitative estimate of drug-likeness (QED) is 0.738. The lowest BCUT2D eigenvalue weighted by molar-refractivity contribution is -0.136. The van der Waals surface area contributed by atoms with Gasteiger partial charge >= 0.3 is 5.97 Å². The maximum absolute atomic E-state index is 10.5. The molecule has 2 N–H and O–H groups in total. The Kier molecular flexibility index (Phi) is 5.74. The van der Waals surface area contributed by atoms with E-state index in [9.17, 15) is 4.79 Å². The van der Waals surface area contributed by atoms with Crippen LogP contribution in [0.15, 0.2) is 34.9 Å². The first-order valence-electron chi connectivity index (χ1n) is 7.24. The molecule has 118 valence electrons. The van der Waals surface area contributed by atoms with Crippen molar-refractivity contribution in [3.63, 3.8) is 0 Å². The van der Waals surface area contributed by atoms with Crippen LogP contribution < -0.4 is 5.32 Å². The van der Waals surface area contributed by atoms with Crippen molar-refractivity contribution < 1.29 is 9.90 Å². The van der Waals surface area contributed by atoms with E-state index in [0.29, 0.717) is 19.0 Å². The van der Waals surface area contributed by atoms with E-state index in [0.717, 1.165) is 21.4 Å². The Bertz CT molecular complexity index is 635. The van der Waals surface area contributed by atoms with Crippen LogP contribution in [0.4, 0.5) is 0 Å². The van der Waals surface area contributed by atoms with Crippen molar-refractivity contribution in [2.24, 2.45) is 0 Å². The molecule has 6 heteroatoms. The average Bonchev–Trinajstić information content (AvgIpc) is 2.88. The summed E-state index contributed by atoms with van der Waals surface area (Å²) in [4.78, 5) is 10.5. The van der Waals surface area contributed by atoms with Crippen LogP contribution in [0, 0.1) is 0 Å². The first-order chi connectivity index (χ1) is 10.5. The van der Waals surface area contributed by atoms with Gasteiger partial charge in [-0.3, -0.25) is 4.79 Å². The molecule has 22 heavy (non-hydrogen) atoms. The zero-order chi connectivity index (χ0) is 16.1. The number of carboxylic acids is 1. The van der Waals surface area contributed by atoms with Crippen LogP contribution in [0.2, 0.25) is 0 Å². The minimum atomic E-state index is -0.790. The normalized spacial score (nSPS) is 11.1. The Morgan fingerprint density at radius 2 is 2.05 bits per heavy atom. The van der Waals surface area contributed by atoms with Gasteiger partial charge in [-0.1, -0.05) is 29.8 Å². The van der Waals surface area contributed by atoms with Gasteiger partial charge in [-0.05, 0) is 30.2 Å². The largest absolute Gasteiger partial charge is 0.481 e. The van der Waals surface area contributed by atoms with E-state index in [2.05, 4.69) is 40.2 Å². The number of benzene rings is 1. The maximum atomic E-state index is 10.5. The number of hydrogen-bond donors (Lipinski definition) is 2. The number of rotatable bonds is 7. The summed E-state index contributed by atoms with van der Waals surface area (Å²) < 4.78 is 2.90. The van der Waals surface area contributed by atoms with Gasteiger partial charge in [0.2, 0.25) is 0 Å². The highest BCUT2D eigenvalue weighted by atomic mass is 79.9. The lowest BCUT2D eigenvalue weighted by Crippen LogP contribution is -2.18. The van der Waals surface area contributed by atoms with Crippen molar-refractivity contribution in [1.82, 2.24) is 15.1 Å². The summed E-state index contributed by atoms with van der Waals surface area (Å²) in [7, 11) is 0. The second kappa shape index (κ2) is 7.56. The Hall–Kier alpha value is -1.66. The summed E-state index contributed by atoms with van der Waals surface area (Å²) in [6, 6.07) is 7.97. The van der Waals surface area contributed by atoms with Crippen molar-refractivity contribution in [2.75, 3.05) is 6.54 Å². The van der Waals surface area contributed by atoms with Crippen LogP contribution >= 0.6 is 15.9 Å². The topological polar surface area (TPSA) is 67.2 Å². The van der Waals surface area contributed by atoms with Gasteiger partial charge < -0.3 is 10.4 Å². The molecule has 0 amide bonds. The predicted octanol–water partition coefficient (Wildman–Crippen LogP) is 3.32. The van der Waals surface area contributed by atoms with Gasteiger partial charge in [0.1, 0.15) is 0 Å². The number of aromatic nitrogens is 2. The summed E-state index contributed by atoms with van der Waals surface area (Å²) in [6.07, 6.45) is 2.13. The fourth-order valence-corrected chi connectivity index (χ4v) is 2.45. The van der Waals surface area contributed by atoms with Crippen molar-refractivity contribution in [1.29, 1.82) is 0 Å². The molecule has 0 atom stereocenters. The standard InChI is InChI=1S/C16H20BrN3O2/c1-11(2)16-12(9-18-8-7-15(21)22)10-20(19-16)14-5-3-13(17)4-6-14/h3-6,10-11,18H,7-9H2,1-2H3,(H,21,22). The molecule has 2 rings (SSSR count). The third-order valence-electron chi connectivity index (χ3n) is 3.29. The molecular formula is C16H20BrN3O2. The minimum Gasteiger partial charge on any atom is -0.481 e. The van der Waals surface area contributed by atoms with Gasteiger partial charge in [0, 0.05) is 29.3 Å². The van der Waals surface area contributed by atoms with Crippen LogP contribution in [0.25, 0.3) is 5.69 Å². The lowest BCUT2D eigenvalue weighted by atomic mass is 10.1. The monoisotopic (exact) mass is 365 g/mol. The highest BCUT2D eigenvalue weighted by Gasteiger charge is 2.13. The molecule has 0 radical (unpaired) electrons. The smallest absolute Gasteiger partial charge is 0.304 e. The van der Waals surface area contributed by atoms with Gasteiger partial charge in [-0.15, -0.1) is 0 Å². The Labute approximate surface area is 138 Å². The van der Waals surface area contributed by atoms with E-state index in [1.165, 1.54) is 0 Å². The van der Waals surface area contributed by atoms with Gasteiger partial charge in [0.25, 0.3) is 0 Å². The molecule has 0 spiro atoms. The molecule has 5 nitrogen and oxygen atoms in total. The van der Waals surface area contributed by atoms with Crippen LogP contribution in [-0.2, 0) is 11.3 Å². The number of hydrogen-bond acceptors (Lipinski definition) is 3. The highest BCUT2D eigenvalue weighted by Crippen LogP contribution is 2.21. The van der Waals surface area contributed by atoms with E-state index in [1.54, 1.807) is 0 Å². The maximum Gasteiger partial charge on any atom is 0.304 e. The molecule has 1 aromatic heterocycles. The van der Waals surface area contributed by atoms with Crippen LogP contribution in [0.5, 0.6) is 0 Å². The first kappa shape index (κ1) is 16.7. The third-order valence-corrected chi connectivity index (χ3v) is 3.82. The van der Waals surface area contributed by atoms with Gasteiger partial charge in [0.05, 0.1) is 17.8 Å². The molecule has 1 heterocycles. The second-order valence-electron chi connectivity index (χ2n) is 5.44. The molecule has 0 saturated heterocycles. The summed E-state index contributed by atoms with van der Waals surface area (Å²) in [6.45, 7) is 5.29. The fourth-order valence-electron chi connectivity index (χ4n) is 2.19. The number of carbonyl (C=O) groups is 1. The van der Waals surface area contributed by atoms with Crippen LogP contribution in [-0.4, -0.2) is 27.4 Å². The zero-order valence-corrected chi connectivity index (χ0v) is 14.3. The van der Waals surface area contributed by atoms with E-state index < -0.39 is 5.97 Å². The summed E-state index contributed by atoms with van der Waals surface area (Å²) in [5, 5.41) is 16.5. The molecule has 0 aliphatic heterocycles. The van der Waals surface area contributed by atoms with E-state index >= 15 is 0 Å². The molecule has 0 fully saturated rings. The average molecular weight is 366 g/mol. The molecule has 2 aromatic rings. The summed E-state index contributed by atoms with van der Waals surface area (Å²) >= 11 is 3.43. The third kappa shape index (κ3) is 4.42. The van der Waals surface area contributed by atoms with Crippen LogP contribution in [0.3, 0.4) is 0 Å². The zero-order valence-electron chi connectivity index (χ0n) is 12.7. The molecule has 0 aliphatic rings. The van der Waals surface area contributed by atoms with Crippen molar-refractivity contribution in [3.8, 4) is 5.69 Å². The van der Waals surface area contributed by atoms with Gasteiger partial charge in [0.15, 0.2) is 0 Å². The van der Waals surface area contributed by atoms with Crippen LogP contribution in [0.1, 0.15) is 37.4 Å². The number of nitrogens with zero attached hydrogens (tertiary/aromatic N) is 2. The SMILES string of the molecule is CC(C)c1nn(-c2ccc(Br)cc2)cc1CNCCC(=O)O. The predicted molar refractivity (Wildman–Crippen MR) is 89.3 cm³/mol. The van der Waals surface area contributed by atoms with E-state index in [1.807, 2.05) is 35.1 Å². The van der Waals surface area contributed by atoms with E-state index in [4.69, 9.17) is 5.11 Å². The van der Waals surface area contributed by atoms with Gasteiger partial charge in [-0.25, -0.2) is 4.68 Å². The minimum absolute atomic E-state index is 0.123. The molecule has 0 unspecified atom stereocenters. The summed E-state index contributed by atoms with van der Waals surface area (Å²) in [5.41, 5.74) is 3.14. The molecule has 0 bridgehead atoms. The first-order valence-corrected chi connectivity index (χ1v) is 8.03. The molecule has 1 aromatic carbocycles. The Balaban J connectivity index is 2.14. The Morgan fingerprint density at radius 3 is 2.64 bits per heavy atom. The molecular weight excluding hydrogens is 346 g/mol. The highest BCUT2D eigenvalue weighted by molar-refractivity contribution is 9.10. The van der Waals surface area contributed by atoms with Crippen molar-refractivity contribution in [2.45, 2.75) is 32.7 Å². The van der Waals surface area contributed by atoms with Gasteiger partial charge in [-0.2, -0.15) is 5.10 Å². The van der Waals surface area contributed by atoms with Crippen molar-refractivity contribution >= 4 is 21.9 Å². The summed E-state index contributed by atoms with van der Waals surface area (Å²) in [5.74, 6) is -0.477. The van der Waals surface area contributed by atoms with Crippen molar-refractivity contribution in [3.05, 3.63) is 46.2 Å². The molecule has 0 aliphatic carbocycles. The second-order valence-corrected chi connectivity index (χ2v) is 6.35. The fraction of sp³-hybridized carbons (Fsp3) is 0.375. The molecule has 0 saturated carbocycles. The Morgan fingerprint density at radius 1 is 1.36 bits per heavy atom. The van der Waals surface area contributed by atoms with E-state index in [-0.39, 0.29) is 6.42 Å². The number of aliphatic carboxylic acids is 1. The lowest BCUT2D eigenvalue weighted by Gasteiger charge is -2.05. The number of halogens is 1.